The van der Waals surface area contributed by atoms with Crippen LogP contribution in [0.1, 0.15) is 37.5 Å². The monoisotopic (exact) mass is 262 g/mol. The zero-order valence-corrected chi connectivity index (χ0v) is 11.4. The summed E-state index contributed by atoms with van der Waals surface area (Å²) in [6.07, 6.45) is -0.481. The highest BCUT2D eigenvalue weighted by atomic mass is 16.5. The van der Waals surface area contributed by atoms with Gasteiger partial charge in [-0.05, 0) is 48.3 Å². The summed E-state index contributed by atoms with van der Waals surface area (Å²) in [4.78, 5) is 11.6. The van der Waals surface area contributed by atoms with Crippen LogP contribution in [0.3, 0.4) is 0 Å². The van der Waals surface area contributed by atoms with Crippen molar-refractivity contribution in [2.24, 2.45) is 0 Å². The van der Waals surface area contributed by atoms with Crippen molar-refractivity contribution in [2.45, 2.75) is 26.4 Å². The molecule has 2 rings (SSSR count). The molecule has 0 fully saturated rings. The number of benzene rings is 1. The molecule has 0 amide bonds. The van der Waals surface area contributed by atoms with Gasteiger partial charge in [0.2, 0.25) is 0 Å². The molecule has 1 aromatic carbocycles. The van der Waals surface area contributed by atoms with Crippen molar-refractivity contribution in [3.63, 3.8) is 0 Å². The zero-order chi connectivity index (χ0) is 14.0. The van der Waals surface area contributed by atoms with Crippen LogP contribution in [-0.2, 0) is 9.53 Å². The van der Waals surface area contributed by atoms with Gasteiger partial charge in [0.15, 0.2) is 0 Å². The van der Waals surface area contributed by atoms with Crippen LogP contribution >= 0.6 is 0 Å². The van der Waals surface area contributed by atoms with E-state index in [0.29, 0.717) is 12.4 Å². The number of aliphatic hydroxyl groups is 1. The fraction of sp³-hybridized carbons (Fsp3) is 0.400. The van der Waals surface area contributed by atoms with E-state index in [-0.39, 0.29) is 12.4 Å². The molecule has 0 heterocycles. The first-order valence-corrected chi connectivity index (χ1v) is 6.30. The fourth-order valence-corrected chi connectivity index (χ4v) is 2.37. The van der Waals surface area contributed by atoms with Crippen LogP contribution in [0.25, 0.3) is 5.57 Å². The van der Waals surface area contributed by atoms with Crippen molar-refractivity contribution in [3.8, 4) is 5.75 Å². The molecule has 4 heteroatoms. The molecule has 4 nitrogen and oxygen atoms in total. The van der Waals surface area contributed by atoms with Crippen molar-refractivity contribution in [1.82, 2.24) is 0 Å². The Morgan fingerprint density at radius 2 is 2.16 bits per heavy atom. The van der Waals surface area contributed by atoms with Gasteiger partial charge in [-0.3, -0.25) is 4.79 Å². The van der Waals surface area contributed by atoms with E-state index in [1.54, 1.807) is 14.0 Å². The van der Waals surface area contributed by atoms with E-state index in [1.165, 1.54) is 0 Å². The van der Waals surface area contributed by atoms with Crippen LogP contribution in [0, 0.1) is 0 Å². The summed E-state index contributed by atoms with van der Waals surface area (Å²) in [5.41, 5.74) is 3.34. The largest absolute Gasteiger partial charge is 0.497 e. The first-order chi connectivity index (χ1) is 9.08. The molecule has 0 saturated carbocycles. The third-order valence-corrected chi connectivity index (χ3v) is 3.39. The fourth-order valence-electron chi connectivity index (χ4n) is 2.37. The predicted molar refractivity (Wildman–Crippen MR) is 71.8 cm³/mol. The minimum absolute atomic E-state index is 0.191. The molecule has 1 aromatic rings. The average Bonchev–Trinajstić information content (AvgIpc) is 2.64. The number of aliphatic hydroxyl groups excluding tert-OH is 1. The van der Waals surface area contributed by atoms with Crippen LogP contribution in [0.5, 0.6) is 5.75 Å². The van der Waals surface area contributed by atoms with E-state index >= 15 is 0 Å². The molecular weight excluding hydrogens is 244 g/mol. The van der Waals surface area contributed by atoms with E-state index < -0.39 is 6.10 Å². The Hall–Kier alpha value is -1.81. The number of carbonyl (C=O) groups is 1. The molecule has 0 spiro atoms. The van der Waals surface area contributed by atoms with Crippen molar-refractivity contribution in [3.05, 3.63) is 34.9 Å². The van der Waals surface area contributed by atoms with Gasteiger partial charge in [-0.2, -0.15) is 0 Å². The number of hydrogen-bond acceptors (Lipinski definition) is 4. The van der Waals surface area contributed by atoms with E-state index in [1.807, 2.05) is 25.1 Å². The van der Waals surface area contributed by atoms with Gasteiger partial charge in [-0.15, -0.1) is 0 Å². The number of carbonyl (C=O) groups excluding carboxylic acids is 1. The Morgan fingerprint density at radius 1 is 1.42 bits per heavy atom. The van der Waals surface area contributed by atoms with Crippen LogP contribution in [-0.4, -0.2) is 24.8 Å². The lowest BCUT2D eigenvalue weighted by Crippen LogP contribution is -2.04. The second-order valence-corrected chi connectivity index (χ2v) is 4.50. The summed E-state index contributed by atoms with van der Waals surface area (Å²) >= 11 is 0. The second-order valence-electron chi connectivity index (χ2n) is 4.50. The summed E-state index contributed by atoms with van der Waals surface area (Å²) in [6.45, 7) is 3.98. The quantitative estimate of drug-likeness (QED) is 0.847. The van der Waals surface area contributed by atoms with E-state index in [4.69, 9.17) is 9.47 Å². The van der Waals surface area contributed by atoms with Crippen molar-refractivity contribution in [1.29, 1.82) is 0 Å². The van der Waals surface area contributed by atoms with Crippen LogP contribution in [0.4, 0.5) is 0 Å². The number of rotatable bonds is 4. The Labute approximate surface area is 112 Å². The van der Waals surface area contributed by atoms with Crippen LogP contribution < -0.4 is 4.74 Å². The lowest BCUT2D eigenvalue weighted by Gasteiger charge is -2.08. The van der Waals surface area contributed by atoms with Gasteiger partial charge in [-0.25, -0.2) is 0 Å². The Balaban J connectivity index is 2.33. The van der Waals surface area contributed by atoms with Gasteiger partial charge < -0.3 is 14.6 Å². The van der Waals surface area contributed by atoms with Crippen LogP contribution in [0.2, 0.25) is 0 Å². The number of fused-ring (bicyclic) bond motifs is 1. The molecule has 19 heavy (non-hydrogen) atoms. The van der Waals surface area contributed by atoms with Gasteiger partial charge in [0.1, 0.15) is 11.9 Å². The molecular formula is C15H18O4. The molecule has 0 radical (unpaired) electrons. The molecule has 1 aliphatic carbocycles. The Bertz CT molecular complexity index is 531. The SMILES string of the molecule is CCOC(=O)CC1=C(C)C(O)c2cc(OC)ccc21. The summed E-state index contributed by atoms with van der Waals surface area (Å²) in [5, 5.41) is 10.2. The Morgan fingerprint density at radius 3 is 2.79 bits per heavy atom. The normalized spacial score (nSPS) is 17.4. The summed E-state index contributed by atoms with van der Waals surface area (Å²) in [5.74, 6) is 0.427. The van der Waals surface area contributed by atoms with Crippen molar-refractivity contribution in [2.75, 3.05) is 13.7 Å². The molecule has 1 unspecified atom stereocenters. The number of ether oxygens (including phenoxy) is 2. The summed E-state index contributed by atoms with van der Waals surface area (Å²) in [7, 11) is 1.59. The molecule has 0 aromatic heterocycles. The smallest absolute Gasteiger partial charge is 0.310 e. The third kappa shape index (κ3) is 2.49. The third-order valence-electron chi connectivity index (χ3n) is 3.39. The van der Waals surface area contributed by atoms with E-state index in [0.717, 1.165) is 22.3 Å². The lowest BCUT2D eigenvalue weighted by molar-refractivity contribution is -0.141. The van der Waals surface area contributed by atoms with Gasteiger partial charge >= 0.3 is 5.97 Å². The average molecular weight is 262 g/mol. The second kappa shape index (κ2) is 5.45. The van der Waals surface area contributed by atoms with Gasteiger partial charge in [0, 0.05) is 0 Å². The summed E-state index contributed by atoms with van der Waals surface area (Å²) in [6, 6.07) is 5.51. The lowest BCUT2D eigenvalue weighted by atomic mass is 10.0. The highest BCUT2D eigenvalue weighted by molar-refractivity contribution is 5.90. The van der Waals surface area contributed by atoms with E-state index in [2.05, 4.69) is 0 Å². The maximum atomic E-state index is 11.6. The van der Waals surface area contributed by atoms with Crippen molar-refractivity contribution < 1.29 is 19.4 Å². The van der Waals surface area contributed by atoms with Crippen LogP contribution in [0.15, 0.2) is 23.8 Å². The number of methoxy groups -OCH3 is 1. The first kappa shape index (κ1) is 13.6. The maximum absolute atomic E-state index is 11.6. The minimum atomic E-state index is -0.672. The highest BCUT2D eigenvalue weighted by Gasteiger charge is 2.28. The van der Waals surface area contributed by atoms with Gasteiger partial charge in [0.25, 0.3) is 0 Å². The highest BCUT2D eigenvalue weighted by Crippen LogP contribution is 2.43. The molecule has 1 atom stereocenters. The molecule has 102 valence electrons. The molecule has 0 saturated heterocycles. The Kier molecular flexibility index (Phi) is 3.90. The van der Waals surface area contributed by atoms with Crippen molar-refractivity contribution >= 4 is 11.5 Å². The molecule has 0 aliphatic heterocycles. The molecule has 1 aliphatic rings. The first-order valence-electron chi connectivity index (χ1n) is 6.30. The minimum Gasteiger partial charge on any atom is -0.497 e. The molecule has 1 N–H and O–H groups in total. The van der Waals surface area contributed by atoms with Gasteiger partial charge in [0.05, 0.1) is 20.1 Å². The predicted octanol–water partition coefficient (Wildman–Crippen LogP) is 2.47. The summed E-state index contributed by atoms with van der Waals surface area (Å²) < 4.78 is 10.1. The topological polar surface area (TPSA) is 55.8 Å². The standard InChI is InChI=1S/C15H18O4/c1-4-19-14(16)8-12-9(2)15(17)13-7-10(18-3)5-6-11(12)13/h5-7,15,17H,4,8H2,1-3H3. The van der Waals surface area contributed by atoms with Gasteiger partial charge in [-0.1, -0.05) is 6.07 Å². The maximum Gasteiger partial charge on any atom is 0.310 e. The number of hydrogen-bond donors (Lipinski definition) is 1. The molecule has 0 bridgehead atoms. The zero-order valence-electron chi connectivity index (χ0n) is 11.4. The number of esters is 1. The van der Waals surface area contributed by atoms with E-state index in [9.17, 15) is 9.90 Å².